The van der Waals surface area contributed by atoms with E-state index in [1.165, 1.54) is 6.07 Å². The second-order valence-corrected chi connectivity index (χ2v) is 7.47. The largest absolute Gasteiger partial charge is 0.377 e. The zero-order valence-electron chi connectivity index (χ0n) is 10.8. The van der Waals surface area contributed by atoms with Crippen LogP contribution < -0.4 is 0 Å². The molecular formula is C13H18ClFO3S. The lowest BCUT2D eigenvalue weighted by Crippen LogP contribution is -2.07. The molecule has 3 nitrogen and oxygen atoms in total. The lowest BCUT2D eigenvalue weighted by Gasteiger charge is -2.10. The summed E-state index contributed by atoms with van der Waals surface area (Å²) >= 11 is 0. The van der Waals surface area contributed by atoms with Crippen molar-refractivity contribution in [3.63, 3.8) is 0 Å². The molecule has 0 N–H and O–H groups in total. The molecule has 0 saturated carbocycles. The molecule has 1 rings (SSSR count). The maximum atomic E-state index is 13.3. The Kier molecular flexibility index (Phi) is 6.75. The van der Waals surface area contributed by atoms with Crippen molar-refractivity contribution in [1.82, 2.24) is 0 Å². The molecule has 0 radical (unpaired) electrons. The van der Waals surface area contributed by atoms with E-state index in [-0.39, 0.29) is 24.1 Å². The lowest BCUT2D eigenvalue weighted by molar-refractivity contribution is 0.106. The van der Waals surface area contributed by atoms with E-state index >= 15 is 0 Å². The van der Waals surface area contributed by atoms with Gasteiger partial charge in [0.1, 0.15) is 5.82 Å². The highest BCUT2D eigenvalue weighted by atomic mass is 35.7. The number of benzene rings is 1. The summed E-state index contributed by atoms with van der Waals surface area (Å²) in [5.74, 6) is -0.0961. The molecule has 19 heavy (non-hydrogen) atoms. The molecule has 108 valence electrons. The molecule has 0 aliphatic heterocycles. The van der Waals surface area contributed by atoms with Gasteiger partial charge in [0.25, 0.3) is 0 Å². The third-order valence-corrected chi connectivity index (χ3v) is 4.01. The van der Waals surface area contributed by atoms with Gasteiger partial charge in [0.05, 0.1) is 12.4 Å². The van der Waals surface area contributed by atoms with Gasteiger partial charge in [-0.25, -0.2) is 12.8 Å². The van der Waals surface area contributed by atoms with Crippen LogP contribution in [0.5, 0.6) is 0 Å². The molecule has 0 saturated heterocycles. The van der Waals surface area contributed by atoms with Crippen molar-refractivity contribution in [3.05, 3.63) is 35.6 Å². The minimum atomic E-state index is -3.42. The summed E-state index contributed by atoms with van der Waals surface area (Å²) in [4.78, 5) is 0. The van der Waals surface area contributed by atoms with E-state index in [0.717, 1.165) is 6.42 Å². The molecular weight excluding hydrogens is 291 g/mol. The third-order valence-electron chi connectivity index (χ3n) is 2.82. The second-order valence-electron chi connectivity index (χ2n) is 4.57. The fourth-order valence-corrected chi connectivity index (χ4v) is 2.52. The highest BCUT2D eigenvalue weighted by Gasteiger charge is 2.09. The van der Waals surface area contributed by atoms with E-state index < -0.39 is 9.05 Å². The monoisotopic (exact) mass is 308 g/mol. The molecule has 0 spiro atoms. The molecule has 1 atom stereocenters. The summed E-state index contributed by atoms with van der Waals surface area (Å²) in [5.41, 5.74) is 0.526. The summed E-state index contributed by atoms with van der Waals surface area (Å²) in [7, 11) is 1.72. The summed E-state index contributed by atoms with van der Waals surface area (Å²) in [6.07, 6.45) is 1.23. The van der Waals surface area contributed by atoms with Crippen molar-refractivity contribution >= 4 is 19.7 Å². The van der Waals surface area contributed by atoms with Gasteiger partial charge in [-0.05, 0) is 24.8 Å². The van der Waals surface area contributed by atoms with E-state index in [1.807, 2.05) is 6.92 Å². The topological polar surface area (TPSA) is 43.4 Å². The Balaban J connectivity index is 2.19. The van der Waals surface area contributed by atoms with Crippen LogP contribution in [0.3, 0.4) is 0 Å². The van der Waals surface area contributed by atoms with Crippen molar-refractivity contribution in [1.29, 1.82) is 0 Å². The van der Waals surface area contributed by atoms with Crippen molar-refractivity contribution in [2.45, 2.75) is 26.4 Å². The van der Waals surface area contributed by atoms with Crippen LogP contribution in [-0.4, -0.2) is 20.8 Å². The molecule has 6 heteroatoms. The summed E-state index contributed by atoms with van der Waals surface area (Å²) in [5, 5.41) is 0. The molecule has 0 aliphatic carbocycles. The molecule has 0 heterocycles. The Bertz CT molecular complexity index is 490. The van der Waals surface area contributed by atoms with E-state index in [2.05, 4.69) is 0 Å². The predicted octanol–water partition coefficient (Wildman–Crippen LogP) is 3.33. The van der Waals surface area contributed by atoms with Crippen LogP contribution >= 0.6 is 10.7 Å². The van der Waals surface area contributed by atoms with Crippen molar-refractivity contribution < 1.29 is 17.5 Å². The number of rotatable bonds is 8. The van der Waals surface area contributed by atoms with Gasteiger partial charge in [-0.15, -0.1) is 0 Å². The average molecular weight is 309 g/mol. The van der Waals surface area contributed by atoms with Gasteiger partial charge in [-0.2, -0.15) is 0 Å². The van der Waals surface area contributed by atoms with E-state index in [0.29, 0.717) is 18.6 Å². The van der Waals surface area contributed by atoms with E-state index in [9.17, 15) is 12.8 Å². The molecule has 0 amide bonds. The molecule has 1 unspecified atom stereocenters. The van der Waals surface area contributed by atoms with Crippen LogP contribution in [0.4, 0.5) is 4.39 Å². The molecule has 1 aromatic carbocycles. The van der Waals surface area contributed by atoms with Gasteiger partial charge in [0, 0.05) is 22.9 Å². The second kappa shape index (κ2) is 7.82. The van der Waals surface area contributed by atoms with Gasteiger partial charge in [-0.1, -0.05) is 25.1 Å². The molecule has 1 aromatic rings. The third kappa shape index (κ3) is 7.50. The Morgan fingerprint density at radius 2 is 2.00 bits per heavy atom. The minimum Gasteiger partial charge on any atom is -0.377 e. The van der Waals surface area contributed by atoms with Crippen molar-refractivity contribution in [2.24, 2.45) is 5.92 Å². The maximum absolute atomic E-state index is 13.3. The smallest absolute Gasteiger partial charge is 0.232 e. The number of hydrogen-bond acceptors (Lipinski definition) is 3. The van der Waals surface area contributed by atoms with Crippen LogP contribution in [0.25, 0.3) is 0 Å². The highest BCUT2D eigenvalue weighted by Crippen LogP contribution is 2.13. The van der Waals surface area contributed by atoms with Gasteiger partial charge in [0.2, 0.25) is 9.05 Å². The van der Waals surface area contributed by atoms with Gasteiger partial charge < -0.3 is 4.74 Å². The van der Waals surface area contributed by atoms with Gasteiger partial charge in [0.15, 0.2) is 0 Å². The summed E-state index contributed by atoms with van der Waals surface area (Å²) in [6, 6.07) is 6.47. The van der Waals surface area contributed by atoms with Gasteiger partial charge >= 0.3 is 0 Å². The molecule has 0 fully saturated rings. The molecule has 0 aliphatic rings. The average Bonchev–Trinajstić information content (AvgIpc) is 2.33. The molecule has 0 bridgehead atoms. The van der Waals surface area contributed by atoms with Crippen LogP contribution in [-0.2, 0) is 20.4 Å². The Morgan fingerprint density at radius 3 is 2.63 bits per heavy atom. The number of halogens is 2. The van der Waals surface area contributed by atoms with Gasteiger partial charge in [-0.3, -0.25) is 0 Å². The quantitative estimate of drug-likeness (QED) is 0.546. The van der Waals surface area contributed by atoms with Crippen LogP contribution in [0.1, 0.15) is 25.3 Å². The first-order valence-electron chi connectivity index (χ1n) is 6.12. The highest BCUT2D eigenvalue weighted by molar-refractivity contribution is 8.13. The number of hydrogen-bond donors (Lipinski definition) is 0. The first-order chi connectivity index (χ1) is 8.88. The Hall–Kier alpha value is -0.650. The Morgan fingerprint density at radius 1 is 1.32 bits per heavy atom. The summed E-state index contributed by atoms with van der Waals surface area (Å²) in [6.45, 7) is 2.64. The van der Waals surface area contributed by atoms with Crippen LogP contribution in [0.2, 0.25) is 0 Å². The van der Waals surface area contributed by atoms with E-state index in [1.54, 1.807) is 18.2 Å². The minimum absolute atomic E-state index is 0.0248. The fraction of sp³-hybridized carbons (Fsp3) is 0.538. The zero-order chi connectivity index (χ0) is 14.3. The van der Waals surface area contributed by atoms with Crippen LogP contribution in [0, 0.1) is 11.7 Å². The van der Waals surface area contributed by atoms with Crippen LogP contribution in [0.15, 0.2) is 24.3 Å². The predicted molar refractivity (Wildman–Crippen MR) is 74.1 cm³/mol. The van der Waals surface area contributed by atoms with Crippen molar-refractivity contribution in [2.75, 3.05) is 12.4 Å². The first-order valence-corrected chi connectivity index (χ1v) is 8.60. The standard InChI is InChI=1S/C13H18ClFO3S/c1-11(7-9-19(14,16)17)6-8-18-10-12-4-2-3-5-13(12)15/h2-5,11H,6-10H2,1H3. The molecule has 0 aromatic heterocycles. The van der Waals surface area contributed by atoms with Crippen molar-refractivity contribution in [3.8, 4) is 0 Å². The SMILES string of the molecule is CC(CCOCc1ccccc1F)CCS(=O)(=O)Cl. The first kappa shape index (κ1) is 16.4. The Labute approximate surface area is 118 Å². The van der Waals surface area contributed by atoms with E-state index in [4.69, 9.17) is 15.4 Å². The number of ether oxygens (including phenoxy) is 1. The fourth-order valence-electron chi connectivity index (χ4n) is 1.57. The maximum Gasteiger partial charge on any atom is 0.232 e. The summed E-state index contributed by atoms with van der Waals surface area (Å²) < 4.78 is 40.2. The zero-order valence-corrected chi connectivity index (χ0v) is 12.4. The normalized spacial score (nSPS) is 13.4. The lowest BCUT2D eigenvalue weighted by atomic mass is 10.1.